The molecule has 2 aromatic heterocycles. The Morgan fingerprint density at radius 1 is 1.33 bits per heavy atom. The molecule has 0 atom stereocenters. The molecule has 0 spiro atoms. The minimum absolute atomic E-state index is 0.101. The lowest BCUT2D eigenvalue weighted by Gasteiger charge is -2.04. The Balaban J connectivity index is 1.99. The lowest BCUT2D eigenvalue weighted by atomic mass is 10.5. The van der Waals surface area contributed by atoms with E-state index in [0.29, 0.717) is 6.54 Å². The van der Waals surface area contributed by atoms with E-state index in [0.717, 1.165) is 19.5 Å². The summed E-state index contributed by atoms with van der Waals surface area (Å²) in [7, 11) is -3.68. The highest BCUT2D eigenvalue weighted by molar-refractivity contribution is 7.92. The van der Waals surface area contributed by atoms with E-state index in [-0.39, 0.29) is 10.7 Å². The second-order valence-electron chi connectivity index (χ2n) is 4.40. The third-order valence-electron chi connectivity index (χ3n) is 2.68. The van der Waals surface area contributed by atoms with Gasteiger partial charge >= 0.3 is 0 Å². The summed E-state index contributed by atoms with van der Waals surface area (Å²) in [6.07, 6.45) is 5.34. The predicted molar refractivity (Wildman–Crippen MR) is 78.2 cm³/mol. The Morgan fingerprint density at radius 3 is 2.90 bits per heavy atom. The molecular weight excluding hydrogens is 292 g/mol. The van der Waals surface area contributed by atoms with Gasteiger partial charge in [-0.1, -0.05) is 6.92 Å². The van der Waals surface area contributed by atoms with Crippen molar-refractivity contribution < 1.29 is 8.42 Å². The summed E-state index contributed by atoms with van der Waals surface area (Å²) in [5, 5.41) is 14.6. The molecule has 2 heterocycles. The zero-order chi connectivity index (χ0) is 15.1. The SMILES string of the molecule is CCCNCCn1cc(S(=O)(=O)Nc2cccnn2)cn1. The molecule has 0 aliphatic rings. The quantitative estimate of drug-likeness (QED) is 0.687. The minimum atomic E-state index is -3.68. The number of nitrogens with one attached hydrogen (secondary N) is 2. The highest BCUT2D eigenvalue weighted by atomic mass is 32.2. The van der Waals surface area contributed by atoms with Crippen LogP contribution in [0.3, 0.4) is 0 Å². The summed E-state index contributed by atoms with van der Waals surface area (Å²) in [6.45, 7) is 4.37. The van der Waals surface area contributed by atoms with Crippen LogP contribution in [-0.2, 0) is 16.6 Å². The zero-order valence-electron chi connectivity index (χ0n) is 11.7. The Labute approximate surface area is 123 Å². The average Bonchev–Trinajstić information content (AvgIpc) is 2.94. The van der Waals surface area contributed by atoms with Crippen LogP contribution in [0.25, 0.3) is 0 Å². The molecule has 2 N–H and O–H groups in total. The summed E-state index contributed by atoms with van der Waals surface area (Å²) in [5.41, 5.74) is 0. The first-order chi connectivity index (χ1) is 10.1. The molecule has 0 saturated carbocycles. The van der Waals surface area contributed by atoms with Gasteiger partial charge in [-0.05, 0) is 25.1 Å². The van der Waals surface area contributed by atoms with Gasteiger partial charge < -0.3 is 5.32 Å². The van der Waals surface area contributed by atoms with Gasteiger partial charge in [0.25, 0.3) is 10.0 Å². The fraction of sp³-hybridized carbons (Fsp3) is 0.417. The lowest BCUT2D eigenvalue weighted by Crippen LogP contribution is -2.20. The van der Waals surface area contributed by atoms with Crippen LogP contribution in [0.15, 0.2) is 35.6 Å². The number of sulfonamides is 1. The van der Waals surface area contributed by atoms with Gasteiger partial charge in [0.15, 0.2) is 5.82 Å². The van der Waals surface area contributed by atoms with Crippen molar-refractivity contribution in [2.45, 2.75) is 24.8 Å². The smallest absolute Gasteiger partial charge is 0.266 e. The Bertz CT molecular complexity index is 655. The van der Waals surface area contributed by atoms with Gasteiger partial charge in [0.05, 0.1) is 12.7 Å². The summed E-state index contributed by atoms with van der Waals surface area (Å²) < 4.78 is 28.2. The molecule has 0 aliphatic heterocycles. The van der Waals surface area contributed by atoms with Gasteiger partial charge in [0, 0.05) is 18.9 Å². The summed E-state index contributed by atoms with van der Waals surface area (Å²) in [6, 6.07) is 3.14. The molecule has 0 fully saturated rings. The van der Waals surface area contributed by atoms with Crippen LogP contribution in [0.5, 0.6) is 0 Å². The highest BCUT2D eigenvalue weighted by Crippen LogP contribution is 2.12. The van der Waals surface area contributed by atoms with Crippen LogP contribution in [-0.4, -0.2) is 41.5 Å². The second kappa shape index (κ2) is 7.14. The maximum absolute atomic E-state index is 12.1. The lowest BCUT2D eigenvalue weighted by molar-refractivity contribution is 0.552. The summed E-state index contributed by atoms with van der Waals surface area (Å²) in [5.74, 6) is 0.176. The van der Waals surface area contributed by atoms with Crippen molar-refractivity contribution in [1.82, 2.24) is 25.3 Å². The van der Waals surface area contributed by atoms with E-state index < -0.39 is 10.0 Å². The number of nitrogens with zero attached hydrogens (tertiary/aromatic N) is 4. The minimum Gasteiger partial charge on any atom is -0.315 e. The fourth-order valence-corrected chi connectivity index (χ4v) is 2.60. The number of anilines is 1. The van der Waals surface area contributed by atoms with Crippen LogP contribution < -0.4 is 10.0 Å². The van der Waals surface area contributed by atoms with Gasteiger partial charge in [0.1, 0.15) is 4.90 Å². The van der Waals surface area contributed by atoms with E-state index in [1.165, 1.54) is 24.7 Å². The predicted octanol–water partition coefficient (Wildman–Crippen LogP) is 0.473. The second-order valence-corrected chi connectivity index (χ2v) is 6.09. The molecule has 8 nitrogen and oxygen atoms in total. The zero-order valence-corrected chi connectivity index (χ0v) is 12.5. The molecule has 0 aliphatic carbocycles. The van der Waals surface area contributed by atoms with E-state index in [1.807, 2.05) is 0 Å². The molecule has 0 unspecified atom stereocenters. The van der Waals surface area contributed by atoms with Gasteiger partial charge in [-0.2, -0.15) is 10.2 Å². The van der Waals surface area contributed by atoms with Crippen LogP contribution in [0.1, 0.15) is 13.3 Å². The maximum atomic E-state index is 12.1. The van der Waals surface area contributed by atoms with Crippen molar-refractivity contribution in [1.29, 1.82) is 0 Å². The molecular formula is C12H18N6O2S. The van der Waals surface area contributed by atoms with E-state index >= 15 is 0 Å². The molecule has 9 heteroatoms. The normalized spacial score (nSPS) is 11.5. The number of rotatable bonds is 8. The molecule has 21 heavy (non-hydrogen) atoms. The van der Waals surface area contributed by atoms with Crippen molar-refractivity contribution in [3.05, 3.63) is 30.7 Å². The van der Waals surface area contributed by atoms with Gasteiger partial charge in [-0.15, -0.1) is 5.10 Å². The number of hydrogen-bond donors (Lipinski definition) is 2. The molecule has 114 valence electrons. The van der Waals surface area contributed by atoms with Crippen molar-refractivity contribution in [3.63, 3.8) is 0 Å². The molecule has 0 aromatic carbocycles. The van der Waals surface area contributed by atoms with Crippen molar-refractivity contribution in [2.24, 2.45) is 0 Å². The number of aromatic nitrogens is 4. The van der Waals surface area contributed by atoms with Gasteiger partial charge in [-0.3, -0.25) is 9.40 Å². The fourth-order valence-electron chi connectivity index (χ4n) is 1.65. The van der Waals surface area contributed by atoms with E-state index in [2.05, 4.69) is 32.3 Å². The van der Waals surface area contributed by atoms with Gasteiger partial charge in [0.2, 0.25) is 0 Å². The third-order valence-corrected chi connectivity index (χ3v) is 3.98. The summed E-state index contributed by atoms with van der Waals surface area (Å²) >= 11 is 0. The Morgan fingerprint density at radius 2 is 2.19 bits per heavy atom. The highest BCUT2D eigenvalue weighted by Gasteiger charge is 2.17. The number of hydrogen-bond acceptors (Lipinski definition) is 6. The molecule has 2 rings (SSSR count). The first kappa shape index (κ1) is 15.4. The summed E-state index contributed by atoms with van der Waals surface area (Å²) in [4.78, 5) is 0.101. The van der Waals surface area contributed by atoms with E-state index in [4.69, 9.17) is 0 Å². The van der Waals surface area contributed by atoms with Crippen LogP contribution in [0.4, 0.5) is 5.82 Å². The van der Waals surface area contributed by atoms with E-state index in [1.54, 1.807) is 10.7 Å². The van der Waals surface area contributed by atoms with Crippen molar-refractivity contribution in [2.75, 3.05) is 17.8 Å². The van der Waals surface area contributed by atoms with Gasteiger partial charge in [-0.25, -0.2) is 8.42 Å². The molecule has 0 amide bonds. The molecule has 2 aromatic rings. The van der Waals surface area contributed by atoms with Crippen molar-refractivity contribution >= 4 is 15.8 Å². The molecule has 0 bridgehead atoms. The largest absolute Gasteiger partial charge is 0.315 e. The van der Waals surface area contributed by atoms with Crippen LogP contribution in [0.2, 0.25) is 0 Å². The Kier molecular flexibility index (Phi) is 5.23. The monoisotopic (exact) mass is 310 g/mol. The topological polar surface area (TPSA) is 102 Å². The first-order valence-electron chi connectivity index (χ1n) is 6.65. The average molecular weight is 310 g/mol. The van der Waals surface area contributed by atoms with Crippen LogP contribution >= 0.6 is 0 Å². The maximum Gasteiger partial charge on any atom is 0.266 e. The molecule has 0 saturated heterocycles. The standard InChI is InChI=1S/C12H18N6O2S/c1-2-5-13-7-8-18-10-11(9-15-18)21(19,20)17-12-4-3-6-14-16-12/h3-4,6,9-10,13H,2,5,7-8H2,1H3,(H,16,17). The first-order valence-corrected chi connectivity index (χ1v) is 8.14. The third kappa shape index (κ3) is 4.50. The van der Waals surface area contributed by atoms with Crippen LogP contribution in [0, 0.1) is 0 Å². The van der Waals surface area contributed by atoms with Crippen molar-refractivity contribution in [3.8, 4) is 0 Å². The molecule has 0 radical (unpaired) electrons. The van der Waals surface area contributed by atoms with E-state index in [9.17, 15) is 8.42 Å². The Hall–Kier alpha value is -2.00.